The van der Waals surface area contributed by atoms with E-state index in [1.165, 1.54) is 57.4 Å². The molecule has 2 rings (SSSR count). The van der Waals surface area contributed by atoms with Crippen LogP contribution in [0.25, 0.3) is 0 Å². The van der Waals surface area contributed by atoms with Crippen LogP contribution in [0.3, 0.4) is 0 Å². The third-order valence-electron chi connectivity index (χ3n) is 3.54. The quantitative estimate of drug-likeness (QED) is 0.688. The summed E-state index contributed by atoms with van der Waals surface area (Å²) in [6.45, 7) is 9.57. The number of nitrogens with zero attached hydrogens (tertiary/aromatic N) is 2. The molecular formula is C13H24N2. The van der Waals surface area contributed by atoms with E-state index < -0.39 is 0 Å². The van der Waals surface area contributed by atoms with Crippen molar-refractivity contribution in [3.63, 3.8) is 0 Å². The largest absolute Gasteiger partial charge is 0.376 e. The van der Waals surface area contributed by atoms with Crippen LogP contribution in [0.1, 0.15) is 39.5 Å². The number of allylic oxidation sites excluding steroid dienone is 1. The van der Waals surface area contributed by atoms with E-state index in [1.54, 1.807) is 0 Å². The van der Waals surface area contributed by atoms with Crippen LogP contribution in [0, 0.1) is 0 Å². The first-order chi connectivity index (χ1) is 7.25. The molecular weight excluding hydrogens is 184 g/mol. The Kier molecular flexibility index (Phi) is 3.68. The van der Waals surface area contributed by atoms with E-state index in [2.05, 4.69) is 29.8 Å². The minimum atomic E-state index is 0.834. The second-order valence-electron chi connectivity index (χ2n) is 5.24. The SMILES string of the molecule is CC(C)=CN1CCC(N2CCCCC2)C1. The predicted octanol–water partition coefficient (Wildman–Crippen LogP) is 2.47. The Morgan fingerprint density at radius 3 is 2.47 bits per heavy atom. The molecule has 15 heavy (non-hydrogen) atoms. The maximum Gasteiger partial charge on any atom is 0.0329 e. The molecule has 0 spiro atoms. The predicted molar refractivity (Wildman–Crippen MR) is 64.8 cm³/mol. The van der Waals surface area contributed by atoms with Crippen LogP contribution in [0.5, 0.6) is 0 Å². The van der Waals surface area contributed by atoms with Crippen molar-refractivity contribution >= 4 is 0 Å². The van der Waals surface area contributed by atoms with Crippen LogP contribution in [0.15, 0.2) is 11.8 Å². The molecule has 1 unspecified atom stereocenters. The highest BCUT2D eigenvalue weighted by Crippen LogP contribution is 2.20. The number of hydrogen-bond donors (Lipinski definition) is 0. The minimum Gasteiger partial charge on any atom is -0.376 e. The van der Waals surface area contributed by atoms with Crippen LogP contribution < -0.4 is 0 Å². The zero-order valence-electron chi connectivity index (χ0n) is 10.2. The molecule has 0 aromatic heterocycles. The van der Waals surface area contributed by atoms with Crippen molar-refractivity contribution in [2.24, 2.45) is 0 Å². The number of likely N-dealkylation sites (tertiary alicyclic amines) is 2. The number of piperidine rings is 1. The molecule has 2 fully saturated rings. The normalized spacial score (nSPS) is 28.1. The lowest BCUT2D eigenvalue weighted by Crippen LogP contribution is -2.40. The lowest BCUT2D eigenvalue weighted by molar-refractivity contribution is 0.167. The summed E-state index contributed by atoms with van der Waals surface area (Å²) in [5.41, 5.74) is 1.43. The molecule has 86 valence electrons. The highest BCUT2D eigenvalue weighted by Gasteiger charge is 2.26. The molecule has 2 saturated heterocycles. The Hall–Kier alpha value is -0.500. The molecule has 0 radical (unpaired) electrons. The highest BCUT2D eigenvalue weighted by atomic mass is 15.2. The molecule has 0 aromatic rings. The van der Waals surface area contributed by atoms with Gasteiger partial charge in [0, 0.05) is 19.1 Å². The first-order valence-electron chi connectivity index (χ1n) is 6.39. The van der Waals surface area contributed by atoms with Crippen molar-refractivity contribution in [2.75, 3.05) is 26.2 Å². The Morgan fingerprint density at radius 1 is 1.07 bits per heavy atom. The molecule has 0 N–H and O–H groups in total. The summed E-state index contributed by atoms with van der Waals surface area (Å²) in [7, 11) is 0. The molecule has 2 heterocycles. The van der Waals surface area contributed by atoms with Gasteiger partial charge in [0.15, 0.2) is 0 Å². The molecule has 2 aliphatic rings. The molecule has 2 heteroatoms. The van der Waals surface area contributed by atoms with Gasteiger partial charge in [-0.2, -0.15) is 0 Å². The Morgan fingerprint density at radius 2 is 1.80 bits per heavy atom. The molecule has 0 aromatic carbocycles. The van der Waals surface area contributed by atoms with Gasteiger partial charge in [-0.05, 0) is 52.4 Å². The first kappa shape index (κ1) is 11.0. The van der Waals surface area contributed by atoms with Crippen molar-refractivity contribution in [3.05, 3.63) is 11.8 Å². The van der Waals surface area contributed by atoms with Gasteiger partial charge in [0.2, 0.25) is 0 Å². The lowest BCUT2D eigenvalue weighted by atomic mass is 10.1. The van der Waals surface area contributed by atoms with Gasteiger partial charge in [0.1, 0.15) is 0 Å². The summed E-state index contributed by atoms with van der Waals surface area (Å²) in [5, 5.41) is 0. The fraction of sp³-hybridized carbons (Fsp3) is 0.846. The van der Waals surface area contributed by atoms with Crippen molar-refractivity contribution in [2.45, 2.75) is 45.6 Å². The van der Waals surface area contributed by atoms with Crippen LogP contribution in [-0.2, 0) is 0 Å². The zero-order chi connectivity index (χ0) is 10.7. The van der Waals surface area contributed by atoms with Gasteiger partial charge in [-0.25, -0.2) is 0 Å². The number of rotatable bonds is 2. The lowest BCUT2D eigenvalue weighted by Gasteiger charge is -2.32. The van der Waals surface area contributed by atoms with Gasteiger partial charge in [0.25, 0.3) is 0 Å². The minimum absolute atomic E-state index is 0.834. The maximum absolute atomic E-state index is 2.71. The van der Waals surface area contributed by atoms with E-state index in [0.29, 0.717) is 0 Å². The van der Waals surface area contributed by atoms with Gasteiger partial charge < -0.3 is 4.90 Å². The van der Waals surface area contributed by atoms with Gasteiger partial charge in [0.05, 0.1) is 0 Å². The maximum atomic E-state index is 2.71. The van der Waals surface area contributed by atoms with Gasteiger partial charge >= 0.3 is 0 Å². The highest BCUT2D eigenvalue weighted by molar-refractivity contribution is 4.97. The third-order valence-corrected chi connectivity index (χ3v) is 3.54. The molecule has 2 aliphatic heterocycles. The van der Waals surface area contributed by atoms with Gasteiger partial charge in [-0.3, -0.25) is 4.90 Å². The van der Waals surface area contributed by atoms with E-state index in [0.717, 1.165) is 6.04 Å². The van der Waals surface area contributed by atoms with E-state index in [9.17, 15) is 0 Å². The summed E-state index contributed by atoms with van der Waals surface area (Å²) in [5.74, 6) is 0. The summed E-state index contributed by atoms with van der Waals surface area (Å²) in [6.07, 6.45) is 7.97. The van der Waals surface area contributed by atoms with Gasteiger partial charge in [-0.1, -0.05) is 12.0 Å². The standard InChI is InChI=1S/C13H24N2/c1-12(2)10-14-9-6-13(11-14)15-7-4-3-5-8-15/h10,13H,3-9,11H2,1-2H3. The van der Waals surface area contributed by atoms with E-state index in [4.69, 9.17) is 0 Å². The fourth-order valence-electron chi connectivity index (χ4n) is 2.83. The first-order valence-corrected chi connectivity index (χ1v) is 6.39. The molecule has 2 nitrogen and oxygen atoms in total. The Labute approximate surface area is 93.9 Å². The smallest absolute Gasteiger partial charge is 0.0329 e. The molecule has 0 saturated carbocycles. The summed E-state index contributed by atoms with van der Waals surface area (Å²) >= 11 is 0. The fourth-order valence-corrected chi connectivity index (χ4v) is 2.83. The second kappa shape index (κ2) is 5.02. The molecule has 0 amide bonds. The average Bonchev–Trinajstić information content (AvgIpc) is 2.67. The zero-order valence-corrected chi connectivity index (χ0v) is 10.2. The monoisotopic (exact) mass is 208 g/mol. The van der Waals surface area contributed by atoms with E-state index in [1.807, 2.05) is 0 Å². The van der Waals surface area contributed by atoms with Crippen LogP contribution in [0.4, 0.5) is 0 Å². The van der Waals surface area contributed by atoms with Gasteiger partial charge in [-0.15, -0.1) is 0 Å². The summed E-state index contributed by atoms with van der Waals surface area (Å²) < 4.78 is 0. The van der Waals surface area contributed by atoms with Crippen LogP contribution in [0.2, 0.25) is 0 Å². The van der Waals surface area contributed by atoms with E-state index >= 15 is 0 Å². The van der Waals surface area contributed by atoms with E-state index in [-0.39, 0.29) is 0 Å². The molecule has 0 aliphatic carbocycles. The van der Waals surface area contributed by atoms with Crippen molar-refractivity contribution in [3.8, 4) is 0 Å². The van der Waals surface area contributed by atoms with Crippen LogP contribution >= 0.6 is 0 Å². The third kappa shape index (κ3) is 2.97. The van der Waals surface area contributed by atoms with Crippen molar-refractivity contribution < 1.29 is 0 Å². The number of hydrogen-bond acceptors (Lipinski definition) is 2. The molecule has 0 bridgehead atoms. The van der Waals surface area contributed by atoms with Crippen molar-refractivity contribution in [1.29, 1.82) is 0 Å². The second-order valence-corrected chi connectivity index (χ2v) is 5.24. The Bertz CT molecular complexity index is 225. The van der Waals surface area contributed by atoms with Crippen molar-refractivity contribution in [1.82, 2.24) is 9.80 Å². The summed E-state index contributed by atoms with van der Waals surface area (Å²) in [4.78, 5) is 5.21. The van der Waals surface area contributed by atoms with Crippen LogP contribution in [-0.4, -0.2) is 42.0 Å². The summed E-state index contributed by atoms with van der Waals surface area (Å²) in [6, 6.07) is 0.834. The topological polar surface area (TPSA) is 6.48 Å². The molecule has 1 atom stereocenters. The Balaban J connectivity index is 1.83. The average molecular weight is 208 g/mol.